The van der Waals surface area contributed by atoms with Crippen LogP contribution in [0.5, 0.6) is 0 Å². The Morgan fingerprint density at radius 1 is 1.12 bits per heavy atom. The van der Waals surface area contributed by atoms with Gasteiger partial charge >= 0.3 is 6.09 Å². The van der Waals surface area contributed by atoms with Crippen LogP contribution in [0.4, 0.5) is 4.79 Å². The summed E-state index contributed by atoms with van der Waals surface area (Å²) in [5, 5.41) is 0. The minimum absolute atomic E-state index is 0.164. The van der Waals surface area contributed by atoms with Gasteiger partial charge in [0.1, 0.15) is 12.3 Å². The van der Waals surface area contributed by atoms with Crippen LogP contribution in [0.2, 0.25) is 0 Å². The molecule has 0 saturated heterocycles. The summed E-state index contributed by atoms with van der Waals surface area (Å²) >= 11 is 0. The normalized spacial score (nSPS) is 12.0. The van der Waals surface area contributed by atoms with E-state index < -0.39 is 28.5 Å². The summed E-state index contributed by atoms with van der Waals surface area (Å²) in [6.45, 7) is 5.46. The zero-order valence-corrected chi connectivity index (χ0v) is 15.6. The first-order valence-electron chi connectivity index (χ1n) is 7.39. The predicted molar refractivity (Wildman–Crippen MR) is 89.7 cm³/mol. The van der Waals surface area contributed by atoms with E-state index in [9.17, 15) is 13.2 Å². The maximum Gasteiger partial charge on any atom is 0.412 e. The molecule has 1 aromatic rings. The third kappa shape index (κ3) is 8.28. The van der Waals surface area contributed by atoms with E-state index in [1.807, 2.05) is 24.3 Å². The molecule has 0 radical (unpaired) electrons. The number of nitrogens with zero attached hydrogens (tertiary/aromatic N) is 1. The van der Waals surface area contributed by atoms with Gasteiger partial charge in [-0.05, 0) is 31.9 Å². The van der Waals surface area contributed by atoms with Crippen LogP contribution in [-0.2, 0) is 36.9 Å². The maximum atomic E-state index is 12.3. The highest BCUT2D eigenvalue weighted by atomic mass is 32.2. The third-order valence-corrected chi connectivity index (χ3v) is 3.32. The second kappa shape index (κ2) is 8.46. The standard InChI is InChI=1S/C16H25NO6S/c1-16(2,3)23-15(18)17(12-22-24(5,19)20)10-13-6-8-14(9-7-13)11-21-4/h6-9H,10-12H2,1-5H3. The molecule has 0 saturated carbocycles. The van der Waals surface area contributed by atoms with Crippen molar-refractivity contribution in [3.05, 3.63) is 35.4 Å². The zero-order valence-electron chi connectivity index (χ0n) is 14.7. The first kappa shape index (κ1) is 20.4. The Kier molecular flexibility index (Phi) is 7.19. The highest BCUT2D eigenvalue weighted by Gasteiger charge is 2.23. The van der Waals surface area contributed by atoms with Crippen molar-refractivity contribution in [2.24, 2.45) is 0 Å². The molecule has 0 aliphatic rings. The maximum absolute atomic E-state index is 12.3. The number of rotatable bonds is 7. The monoisotopic (exact) mass is 359 g/mol. The number of amides is 1. The molecule has 0 spiro atoms. The number of carbonyl (C=O) groups excluding carboxylic acids is 1. The molecule has 24 heavy (non-hydrogen) atoms. The highest BCUT2D eigenvalue weighted by molar-refractivity contribution is 7.85. The molecule has 0 heterocycles. The fraction of sp³-hybridized carbons (Fsp3) is 0.562. The zero-order chi connectivity index (χ0) is 18.4. The van der Waals surface area contributed by atoms with Crippen molar-refractivity contribution in [2.75, 3.05) is 20.1 Å². The molecule has 1 rings (SSSR count). The van der Waals surface area contributed by atoms with Crippen molar-refractivity contribution in [3.63, 3.8) is 0 Å². The second-order valence-corrected chi connectivity index (χ2v) is 8.02. The molecule has 0 aromatic heterocycles. The second-order valence-electron chi connectivity index (χ2n) is 6.38. The Morgan fingerprint density at radius 3 is 2.12 bits per heavy atom. The van der Waals surface area contributed by atoms with E-state index in [0.717, 1.165) is 17.4 Å². The van der Waals surface area contributed by atoms with Crippen LogP contribution in [0.25, 0.3) is 0 Å². The number of benzene rings is 1. The lowest BCUT2D eigenvalue weighted by molar-refractivity contribution is 0.00873. The van der Waals surface area contributed by atoms with Crippen molar-refractivity contribution in [2.45, 2.75) is 39.5 Å². The Hall–Kier alpha value is -1.64. The first-order valence-corrected chi connectivity index (χ1v) is 9.21. The average molecular weight is 359 g/mol. The van der Waals surface area contributed by atoms with Crippen LogP contribution in [-0.4, -0.2) is 45.1 Å². The highest BCUT2D eigenvalue weighted by Crippen LogP contribution is 2.14. The van der Waals surface area contributed by atoms with Crippen LogP contribution in [0.15, 0.2) is 24.3 Å². The molecular formula is C16H25NO6S. The number of hydrogen-bond acceptors (Lipinski definition) is 6. The number of ether oxygens (including phenoxy) is 2. The van der Waals surface area contributed by atoms with Gasteiger partial charge in [0.25, 0.3) is 10.1 Å². The van der Waals surface area contributed by atoms with E-state index in [-0.39, 0.29) is 6.54 Å². The summed E-state index contributed by atoms with van der Waals surface area (Å²) < 4.78 is 37.5. The Balaban J connectivity index is 2.85. The molecule has 7 nitrogen and oxygen atoms in total. The quantitative estimate of drug-likeness (QED) is 0.549. The Bertz CT molecular complexity index is 634. The van der Waals surface area contributed by atoms with Gasteiger partial charge in [0.2, 0.25) is 0 Å². The topological polar surface area (TPSA) is 82.1 Å². The van der Waals surface area contributed by atoms with E-state index in [0.29, 0.717) is 6.61 Å². The molecule has 0 N–H and O–H groups in total. The van der Waals surface area contributed by atoms with Crippen LogP contribution in [0.1, 0.15) is 31.9 Å². The van der Waals surface area contributed by atoms with E-state index in [1.165, 1.54) is 4.90 Å². The third-order valence-electron chi connectivity index (χ3n) is 2.78. The summed E-state index contributed by atoms with van der Waals surface area (Å²) in [7, 11) is -2.06. The summed E-state index contributed by atoms with van der Waals surface area (Å²) in [5.74, 6) is 0. The van der Waals surface area contributed by atoms with Crippen molar-refractivity contribution < 1.29 is 26.9 Å². The lowest BCUT2D eigenvalue weighted by Crippen LogP contribution is -2.38. The lowest BCUT2D eigenvalue weighted by Gasteiger charge is -2.27. The molecule has 0 aliphatic carbocycles. The van der Waals surface area contributed by atoms with Gasteiger partial charge in [0, 0.05) is 7.11 Å². The molecule has 8 heteroatoms. The van der Waals surface area contributed by atoms with Gasteiger partial charge in [0.15, 0.2) is 0 Å². The molecular weight excluding hydrogens is 334 g/mol. The molecule has 0 unspecified atom stereocenters. The largest absolute Gasteiger partial charge is 0.444 e. The van der Waals surface area contributed by atoms with Crippen LogP contribution >= 0.6 is 0 Å². The molecule has 0 fully saturated rings. The summed E-state index contributed by atoms with van der Waals surface area (Å²) in [6, 6.07) is 7.44. The van der Waals surface area contributed by atoms with Gasteiger partial charge in [-0.15, -0.1) is 0 Å². The van der Waals surface area contributed by atoms with Crippen molar-refractivity contribution in [1.82, 2.24) is 4.90 Å². The fourth-order valence-electron chi connectivity index (χ4n) is 1.78. The summed E-state index contributed by atoms with van der Waals surface area (Å²) in [6.07, 6.45) is 0.284. The Morgan fingerprint density at radius 2 is 1.67 bits per heavy atom. The molecule has 0 atom stereocenters. The van der Waals surface area contributed by atoms with Crippen molar-refractivity contribution in [1.29, 1.82) is 0 Å². The predicted octanol–water partition coefficient (Wildman–Crippen LogP) is 2.50. The van der Waals surface area contributed by atoms with Gasteiger partial charge < -0.3 is 9.47 Å². The smallest absolute Gasteiger partial charge is 0.412 e. The van der Waals surface area contributed by atoms with Crippen molar-refractivity contribution in [3.8, 4) is 0 Å². The van der Waals surface area contributed by atoms with E-state index >= 15 is 0 Å². The minimum atomic E-state index is -3.67. The molecule has 136 valence electrons. The number of carbonyl (C=O) groups is 1. The van der Waals surface area contributed by atoms with Crippen LogP contribution in [0.3, 0.4) is 0 Å². The van der Waals surface area contributed by atoms with E-state index in [2.05, 4.69) is 0 Å². The van der Waals surface area contributed by atoms with Gasteiger partial charge in [0.05, 0.1) is 19.4 Å². The SMILES string of the molecule is COCc1ccc(CN(COS(C)(=O)=O)C(=O)OC(C)(C)C)cc1. The lowest BCUT2D eigenvalue weighted by atomic mass is 10.1. The van der Waals surface area contributed by atoms with Crippen LogP contribution < -0.4 is 0 Å². The first-order chi connectivity index (χ1) is 11.0. The van der Waals surface area contributed by atoms with E-state index in [4.69, 9.17) is 13.7 Å². The average Bonchev–Trinajstić information content (AvgIpc) is 2.42. The van der Waals surface area contributed by atoms with Gasteiger partial charge in [-0.2, -0.15) is 8.42 Å². The summed E-state index contributed by atoms with van der Waals surface area (Å²) in [4.78, 5) is 13.5. The molecule has 0 bridgehead atoms. The number of methoxy groups -OCH3 is 1. The van der Waals surface area contributed by atoms with Gasteiger partial charge in [-0.1, -0.05) is 24.3 Å². The minimum Gasteiger partial charge on any atom is -0.444 e. The van der Waals surface area contributed by atoms with Crippen LogP contribution in [0, 0.1) is 0 Å². The summed E-state index contributed by atoms with van der Waals surface area (Å²) in [5.41, 5.74) is 1.12. The fourth-order valence-corrected chi connectivity index (χ4v) is 2.10. The van der Waals surface area contributed by atoms with Gasteiger partial charge in [-0.3, -0.25) is 4.90 Å². The van der Waals surface area contributed by atoms with Crippen molar-refractivity contribution >= 4 is 16.2 Å². The molecule has 1 amide bonds. The van der Waals surface area contributed by atoms with Gasteiger partial charge in [-0.25, -0.2) is 8.98 Å². The van der Waals surface area contributed by atoms with E-state index in [1.54, 1.807) is 27.9 Å². The number of hydrogen-bond donors (Lipinski definition) is 0. The Labute approximate surface area is 143 Å². The molecule has 1 aromatic carbocycles. The molecule has 0 aliphatic heterocycles.